The number of nitrogens with two attached hydrogens (primary N) is 1. The first-order chi connectivity index (χ1) is 9.41. The molecule has 2 aromatic rings. The molecular weight excluding hydrogens is 269 g/mol. The van der Waals surface area contributed by atoms with Crippen LogP contribution in [0.25, 0.3) is 0 Å². The van der Waals surface area contributed by atoms with Gasteiger partial charge in [-0.1, -0.05) is 18.2 Å². The van der Waals surface area contributed by atoms with E-state index in [1.54, 1.807) is 30.2 Å². The van der Waals surface area contributed by atoms with Crippen molar-refractivity contribution in [3.05, 3.63) is 53.3 Å². The zero-order valence-corrected chi connectivity index (χ0v) is 10.9. The summed E-state index contributed by atoms with van der Waals surface area (Å²) < 4.78 is 40.6. The van der Waals surface area contributed by atoms with Crippen LogP contribution in [0, 0.1) is 0 Å². The average molecular weight is 284 g/mol. The maximum absolute atomic E-state index is 13.0. The Kier molecular flexibility index (Phi) is 4.10. The molecule has 0 aliphatic heterocycles. The number of alkyl halides is 3. The number of rotatable bonds is 4. The van der Waals surface area contributed by atoms with Gasteiger partial charge < -0.3 is 0 Å². The van der Waals surface area contributed by atoms with Gasteiger partial charge in [-0.15, -0.1) is 0 Å². The lowest BCUT2D eigenvalue weighted by atomic mass is 9.96. The number of aromatic nitrogens is 2. The summed E-state index contributed by atoms with van der Waals surface area (Å²) in [7, 11) is 1.75. The molecule has 0 amide bonds. The van der Waals surface area contributed by atoms with Crippen molar-refractivity contribution < 1.29 is 13.2 Å². The number of aryl methyl sites for hydroxylation is 1. The second-order valence-electron chi connectivity index (χ2n) is 4.53. The van der Waals surface area contributed by atoms with Crippen LogP contribution in [0.15, 0.2) is 36.7 Å². The molecule has 1 atom stereocenters. The molecule has 1 aromatic heterocycles. The third kappa shape index (κ3) is 3.17. The van der Waals surface area contributed by atoms with Crippen molar-refractivity contribution in [1.82, 2.24) is 15.2 Å². The van der Waals surface area contributed by atoms with Gasteiger partial charge in [0.1, 0.15) is 0 Å². The normalized spacial score (nSPS) is 13.4. The van der Waals surface area contributed by atoms with E-state index in [-0.39, 0.29) is 5.56 Å². The predicted octanol–water partition coefficient (Wildman–Crippen LogP) is 2.19. The van der Waals surface area contributed by atoms with E-state index >= 15 is 0 Å². The molecular formula is C13H15F3N4. The third-order valence-corrected chi connectivity index (χ3v) is 3.04. The van der Waals surface area contributed by atoms with Crippen molar-refractivity contribution >= 4 is 0 Å². The smallest absolute Gasteiger partial charge is 0.276 e. The second-order valence-corrected chi connectivity index (χ2v) is 4.53. The van der Waals surface area contributed by atoms with Gasteiger partial charge in [0, 0.05) is 13.2 Å². The lowest BCUT2D eigenvalue weighted by molar-refractivity contribution is -0.138. The van der Waals surface area contributed by atoms with Gasteiger partial charge in [-0.05, 0) is 23.6 Å². The van der Waals surface area contributed by atoms with Crippen LogP contribution < -0.4 is 11.3 Å². The van der Waals surface area contributed by atoms with E-state index < -0.39 is 17.8 Å². The number of benzene rings is 1. The van der Waals surface area contributed by atoms with Crippen LogP contribution >= 0.6 is 0 Å². The van der Waals surface area contributed by atoms with Gasteiger partial charge in [-0.3, -0.25) is 16.0 Å². The molecule has 1 aromatic carbocycles. The Hall–Kier alpha value is -1.86. The summed E-state index contributed by atoms with van der Waals surface area (Å²) >= 11 is 0. The number of nitrogens with one attached hydrogen (secondary N) is 1. The SMILES string of the molecule is Cn1cc(CC(NN)c2ccccc2C(F)(F)F)cn1. The molecule has 0 aliphatic carbocycles. The number of hydrogen-bond donors (Lipinski definition) is 2. The molecule has 0 fully saturated rings. The second kappa shape index (κ2) is 5.64. The lowest BCUT2D eigenvalue weighted by Crippen LogP contribution is -2.31. The summed E-state index contributed by atoms with van der Waals surface area (Å²) in [6.07, 6.45) is -0.709. The highest BCUT2D eigenvalue weighted by Gasteiger charge is 2.34. The Morgan fingerprint density at radius 1 is 1.35 bits per heavy atom. The summed E-state index contributed by atoms with van der Waals surface area (Å²) in [5.74, 6) is 5.43. The zero-order valence-electron chi connectivity index (χ0n) is 10.9. The Labute approximate surface area is 114 Å². The van der Waals surface area contributed by atoms with E-state index in [2.05, 4.69) is 10.5 Å². The summed E-state index contributed by atoms with van der Waals surface area (Å²) in [6, 6.07) is 4.80. The van der Waals surface area contributed by atoms with Crippen molar-refractivity contribution in [3.8, 4) is 0 Å². The molecule has 0 saturated carbocycles. The number of nitrogens with zero attached hydrogens (tertiary/aromatic N) is 2. The van der Waals surface area contributed by atoms with Crippen molar-refractivity contribution in [2.45, 2.75) is 18.6 Å². The fourth-order valence-corrected chi connectivity index (χ4v) is 2.13. The highest BCUT2D eigenvalue weighted by Crippen LogP contribution is 2.35. The van der Waals surface area contributed by atoms with Crippen LogP contribution in [0.4, 0.5) is 13.2 Å². The highest BCUT2D eigenvalue weighted by molar-refractivity contribution is 5.33. The van der Waals surface area contributed by atoms with Gasteiger partial charge in [-0.25, -0.2) is 0 Å². The molecule has 4 nitrogen and oxygen atoms in total. The molecule has 3 N–H and O–H groups in total. The monoisotopic (exact) mass is 284 g/mol. The van der Waals surface area contributed by atoms with Gasteiger partial charge in [0.05, 0.1) is 17.8 Å². The molecule has 108 valence electrons. The van der Waals surface area contributed by atoms with Gasteiger partial charge in [-0.2, -0.15) is 18.3 Å². The minimum absolute atomic E-state index is 0.131. The molecule has 20 heavy (non-hydrogen) atoms. The Morgan fingerprint density at radius 3 is 2.60 bits per heavy atom. The van der Waals surface area contributed by atoms with E-state index in [4.69, 9.17) is 5.84 Å². The fraction of sp³-hybridized carbons (Fsp3) is 0.308. The average Bonchev–Trinajstić information content (AvgIpc) is 2.80. The first-order valence-electron chi connectivity index (χ1n) is 6.01. The fourth-order valence-electron chi connectivity index (χ4n) is 2.13. The van der Waals surface area contributed by atoms with Crippen LogP contribution in [0.3, 0.4) is 0 Å². The standard InChI is InChI=1S/C13H15F3N4/c1-20-8-9(7-18-20)6-12(19-17)10-4-2-3-5-11(10)13(14,15)16/h2-5,7-8,12,19H,6,17H2,1H3. The number of halogens is 3. The van der Waals surface area contributed by atoms with Crippen molar-refractivity contribution in [1.29, 1.82) is 0 Å². The Balaban J connectivity index is 2.32. The maximum Gasteiger partial charge on any atom is 0.416 e. The molecule has 1 heterocycles. The number of hydrogen-bond acceptors (Lipinski definition) is 3. The van der Waals surface area contributed by atoms with E-state index in [1.165, 1.54) is 12.1 Å². The molecule has 0 saturated heterocycles. The lowest BCUT2D eigenvalue weighted by Gasteiger charge is -2.20. The van der Waals surface area contributed by atoms with Crippen LogP contribution in [0.2, 0.25) is 0 Å². The first-order valence-corrected chi connectivity index (χ1v) is 6.01. The van der Waals surface area contributed by atoms with E-state index in [0.717, 1.165) is 11.6 Å². The van der Waals surface area contributed by atoms with Crippen molar-refractivity contribution in [3.63, 3.8) is 0 Å². The van der Waals surface area contributed by atoms with Crippen LogP contribution in [-0.4, -0.2) is 9.78 Å². The summed E-state index contributed by atoms with van der Waals surface area (Å²) in [5, 5.41) is 3.99. The van der Waals surface area contributed by atoms with Crippen molar-refractivity contribution in [2.24, 2.45) is 12.9 Å². The highest BCUT2D eigenvalue weighted by atomic mass is 19.4. The predicted molar refractivity (Wildman–Crippen MR) is 68.4 cm³/mol. The summed E-state index contributed by atoms with van der Waals surface area (Å²) in [5.41, 5.74) is 2.72. The molecule has 0 spiro atoms. The largest absolute Gasteiger partial charge is 0.416 e. The molecule has 0 bridgehead atoms. The molecule has 2 rings (SSSR count). The Morgan fingerprint density at radius 2 is 2.05 bits per heavy atom. The number of hydrazine groups is 1. The van der Waals surface area contributed by atoms with Crippen molar-refractivity contribution in [2.75, 3.05) is 0 Å². The summed E-state index contributed by atoms with van der Waals surface area (Å²) in [4.78, 5) is 0. The van der Waals surface area contributed by atoms with Crippen LogP contribution in [0.1, 0.15) is 22.7 Å². The van der Waals surface area contributed by atoms with Gasteiger partial charge in [0.25, 0.3) is 0 Å². The van der Waals surface area contributed by atoms with E-state index in [0.29, 0.717) is 6.42 Å². The van der Waals surface area contributed by atoms with E-state index in [1.807, 2.05) is 0 Å². The summed E-state index contributed by atoms with van der Waals surface area (Å²) in [6.45, 7) is 0. The third-order valence-electron chi connectivity index (χ3n) is 3.04. The van der Waals surface area contributed by atoms with Gasteiger partial charge >= 0.3 is 6.18 Å². The minimum atomic E-state index is -4.40. The molecule has 0 aliphatic rings. The van der Waals surface area contributed by atoms with Gasteiger partial charge in [0.15, 0.2) is 0 Å². The van der Waals surface area contributed by atoms with Gasteiger partial charge in [0.2, 0.25) is 0 Å². The van der Waals surface area contributed by atoms with Crippen LogP contribution in [-0.2, 0) is 19.6 Å². The zero-order chi connectivity index (χ0) is 14.8. The maximum atomic E-state index is 13.0. The van der Waals surface area contributed by atoms with Crippen LogP contribution in [0.5, 0.6) is 0 Å². The topological polar surface area (TPSA) is 55.9 Å². The minimum Gasteiger partial charge on any atom is -0.276 e. The molecule has 1 unspecified atom stereocenters. The Bertz CT molecular complexity index is 577. The molecule has 0 radical (unpaired) electrons. The quantitative estimate of drug-likeness (QED) is 0.668. The van der Waals surface area contributed by atoms with E-state index in [9.17, 15) is 13.2 Å². The first kappa shape index (κ1) is 14.5. The molecule has 7 heteroatoms.